The van der Waals surface area contributed by atoms with Crippen molar-refractivity contribution in [2.24, 2.45) is 0 Å². The topological polar surface area (TPSA) is 40.5 Å². The second kappa shape index (κ2) is 5.64. The summed E-state index contributed by atoms with van der Waals surface area (Å²) in [5.74, 6) is 0.232. The van der Waals surface area contributed by atoms with Crippen LogP contribution >= 0.6 is 15.9 Å². The summed E-state index contributed by atoms with van der Waals surface area (Å²) in [7, 11) is 0. The van der Waals surface area contributed by atoms with Gasteiger partial charge in [0.15, 0.2) is 0 Å². The maximum atomic E-state index is 9.13. The summed E-state index contributed by atoms with van der Waals surface area (Å²) in [4.78, 5) is 0. The molecule has 0 bridgehead atoms. The monoisotopic (exact) mass is 272 g/mol. The highest BCUT2D eigenvalue weighted by molar-refractivity contribution is 9.10. The third-order valence-electron chi connectivity index (χ3n) is 2.67. The van der Waals surface area contributed by atoms with Crippen LogP contribution < -0.4 is 0 Å². The highest BCUT2D eigenvalue weighted by atomic mass is 79.9. The molecule has 0 amide bonds. The lowest BCUT2D eigenvalue weighted by molar-refractivity contribution is 0.270. The third-order valence-corrected chi connectivity index (χ3v) is 3.58. The van der Waals surface area contributed by atoms with Gasteiger partial charge in [-0.25, -0.2) is 0 Å². The largest absolute Gasteiger partial charge is 0.396 e. The van der Waals surface area contributed by atoms with Gasteiger partial charge in [0.05, 0.1) is 0 Å². The van der Waals surface area contributed by atoms with Gasteiger partial charge in [0.1, 0.15) is 0 Å². The molecule has 0 aromatic heterocycles. The molecule has 0 spiro atoms. The Morgan fingerprint density at radius 2 is 1.47 bits per heavy atom. The molecule has 0 heterocycles. The van der Waals surface area contributed by atoms with Crippen LogP contribution in [0.4, 0.5) is 0 Å². The van der Waals surface area contributed by atoms with Gasteiger partial charge in [-0.1, -0.05) is 48.0 Å². The average Bonchev–Trinajstić information content (AvgIpc) is 2.27. The lowest BCUT2D eigenvalue weighted by Crippen LogP contribution is -2.05. The molecular formula is C12H17BrO2. The maximum absolute atomic E-state index is 9.13. The van der Waals surface area contributed by atoms with Gasteiger partial charge in [-0.15, -0.1) is 0 Å². The van der Waals surface area contributed by atoms with Crippen LogP contribution in [0.3, 0.4) is 0 Å². The summed E-state index contributed by atoms with van der Waals surface area (Å²) in [5.41, 5.74) is 2.19. The van der Waals surface area contributed by atoms with E-state index in [9.17, 15) is 0 Å². The molecule has 0 radical (unpaired) electrons. The minimum Gasteiger partial charge on any atom is -0.396 e. The molecule has 0 aliphatic heterocycles. The molecule has 0 fully saturated rings. The second-order valence-corrected chi connectivity index (χ2v) is 4.71. The maximum Gasteiger partial charge on any atom is 0.0497 e. The lowest BCUT2D eigenvalue weighted by Gasteiger charge is -2.17. The zero-order valence-electron chi connectivity index (χ0n) is 9.07. The molecule has 1 aromatic rings. The molecule has 0 aliphatic carbocycles. The molecule has 84 valence electrons. The van der Waals surface area contributed by atoms with E-state index in [1.807, 2.05) is 32.0 Å². The number of hydrogen-bond donors (Lipinski definition) is 2. The van der Waals surface area contributed by atoms with E-state index in [2.05, 4.69) is 15.9 Å². The van der Waals surface area contributed by atoms with E-state index < -0.39 is 0 Å². The zero-order valence-corrected chi connectivity index (χ0v) is 10.7. The highest BCUT2D eigenvalue weighted by Gasteiger charge is 2.14. The van der Waals surface area contributed by atoms with Gasteiger partial charge in [-0.2, -0.15) is 0 Å². The number of benzene rings is 1. The summed E-state index contributed by atoms with van der Waals surface area (Å²) in [5, 5.41) is 18.3. The van der Waals surface area contributed by atoms with Crippen molar-refractivity contribution in [2.75, 3.05) is 13.2 Å². The Morgan fingerprint density at radius 3 is 1.80 bits per heavy atom. The van der Waals surface area contributed by atoms with Crippen molar-refractivity contribution < 1.29 is 10.2 Å². The van der Waals surface area contributed by atoms with Crippen LogP contribution in [-0.4, -0.2) is 23.4 Å². The molecule has 0 saturated carbocycles. The minimum atomic E-state index is 0.116. The average molecular weight is 273 g/mol. The Kier molecular flexibility index (Phi) is 4.77. The fourth-order valence-electron chi connectivity index (χ4n) is 1.53. The van der Waals surface area contributed by atoms with E-state index in [-0.39, 0.29) is 25.0 Å². The number of aliphatic hydroxyl groups is 2. The highest BCUT2D eigenvalue weighted by Crippen LogP contribution is 2.31. The van der Waals surface area contributed by atoms with Gasteiger partial charge in [-0.05, 0) is 11.1 Å². The molecule has 2 unspecified atom stereocenters. The predicted octanol–water partition coefficient (Wildman–Crippen LogP) is 2.64. The number of hydrogen-bond acceptors (Lipinski definition) is 2. The Bertz CT molecular complexity index is 297. The Balaban J connectivity index is 3.11. The Morgan fingerprint density at radius 1 is 1.07 bits per heavy atom. The van der Waals surface area contributed by atoms with Gasteiger partial charge < -0.3 is 10.2 Å². The molecule has 0 saturated heterocycles. The molecule has 2 nitrogen and oxygen atoms in total. The first-order chi connectivity index (χ1) is 7.11. The van der Waals surface area contributed by atoms with E-state index in [0.29, 0.717) is 0 Å². The Hall–Kier alpha value is -0.380. The second-order valence-electron chi connectivity index (χ2n) is 3.92. The van der Waals surface area contributed by atoms with Gasteiger partial charge >= 0.3 is 0 Å². The number of rotatable bonds is 4. The van der Waals surface area contributed by atoms with Crippen molar-refractivity contribution in [3.8, 4) is 0 Å². The van der Waals surface area contributed by atoms with Gasteiger partial charge in [0.25, 0.3) is 0 Å². The molecule has 2 N–H and O–H groups in total. The van der Waals surface area contributed by atoms with E-state index in [4.69, 9.17) is 10.2 Å². The van der Waals surface area contributed by atoms with Gasteiger partial charge in [0.2, 0.25) is 0 Å². The van der Waals surface area contributed by atoms with Crippen molar-refractivity contribution in [3.05, 3.63) is 33.8 Å². The summed E-state index contributed by atoms with van der Waals surface area (Å²) in [6.07, 6.45) is 0. The smallest absolute Gasteiger partial charge is 0.0497 e. The summed E-state index contributed by atoms with van der Waals surface area (Å²) < 4.78 is 1.01. The molecule has 2 atom stereocenters. The van der Waals surface area contributed by atoms with Crippen LogP contribution in [0, 0.1) is 0 Å². The van der Waals surface area contributed by atoms with Crippen LogP contribution in [0.5, 0.6) is 0 Å². The molecule has 1 aromatic carbocycles. The molecule has 0 aliphatic rings. The van der Waals surface area contributed by atoms with E-state index in [1.54, 1.807) is 0 Å². The third kappa shape index (κ3) is 2.80. The fourth-order valence-corrected chi connectivity index (χ4v) is 2.57. The normalized spacial score (nSPS) is 15.0. The van der Waals surface area contributed by atoms with E-state index in [1.165, 1.54) is 0 Å². The molecule has 15 heavy (non-hydrogen) atoms. The standard InChI is InChI=1S/C12H17BrO2/c1-8(6-14)10-4-3-5-11(12(10)13)9(2)7-15/h3-5,8-9,14-15H,6-7H2,1-2H3. The Labute approximate surface area is 99.1 Å². The van der Waals surface area contributed by atoms with Crippen LogP contribution in [0.1, 0.15) is 36.8 Å². The van der Waals surface area contributed by atoms with Gasteiger partial charge in [0, 0.05) is 29.5 Å². The van der Waals surface area contributed by atoms with Crippen molar-refractivity contribution in [3.63, 3.8) is 0 Å². The van der Waals surface area contributed by atoms with Crippen LogP contribution in [0.2, 0.25) is 0 Å². The quantitative estimate of drug-likeness (QED) is 0.885. The van der Waals surface area contributed by atoms with Crippen molar-refractivity contribution >= 4 is 15.9 Å². The first-order valence-corrected chi connectivity index (χ1v) is 5.91. The molecule has 1 rings (SSSR count). The van der Waals surface area contributed by atoms with E-state index in [0.717, 1.165) is 15.6 Å². The van der Waals surface area contributed by atoms with Crippen LogP contribution in [0.25, 0.3) is 0 Å². The van der Waals surface area contributed by atoms with E-state index >= 15 is 0 Å². The van der Waals surface area contributed by atoms with Gasteiger partial charge in [-0.3, -0.25) is 0 Å². The molecule has 3 heteroatoms. The SMILES string of the molecule is CC(CO)c1cccc(C(C)CO)c1Br. The van der Waals surface area contributed by atoms with Crippen LogP contribution in [0.15, 0.2) is 22.7 Å². The van der Waals surface area contributed by atoms with Crippen molar-refractivity contribution in [2.45, 2.75) is 25.7 Å². The summed E-state index contributed by atoms with van der Waals surface area (Å²) in [6, 6.07) is 5.96. The lowest BCUT2D eigenvalue weighted by atomic mass is 9.95. The first kappa shape index (κ1) is 12.7. The predicted molar refractivity (Wildman–Crippen MR) is 65.1 cm³/mol. The minimum absolute atomic E-state index is 0.116. The van der Waals surface area contributed by atoms with Crippen molar-refractivity contribution in [1.29, 1.82) is 0 Å². The first-order valence-electron chi connectivity index (χ1n) is 5.11. The molecular weight excluding hydrogens is 256 g/mol. The number of halogens is 1. The summed E-state index contributed by atoms with van der Waals surface area (Å²) >= 11 is 3.54. The number of aliphatic hydroxyl groups excluding tert-OH is 2. The van der Waals surface area contributed by atoms with Crippen LogP contribution in [-0.2, 0) is 0 Å². The zero-order chi connectivity index (χ0) is 11.4. The van der Waals surface area contributed by atoms with Crippen molar-refractivity contribution in [1.82, 2.24) is 0 Å². The summed E-state index contributed by atoms with van der Waals surface area (Å²) in [6.45, 7) is 4.23. The fraction of sp³-hybridized carbons (Fsp3) is 0.500.